The van der Waals surface area contributed by atoms with Gasteiger partial charge in [0.05, 0.1) is 19.8 Å². The minimum Gasteiger partial charge on any atom is -0.497 e. The molecule has 1 amide bonds. The van der Waals surface area contributed by atoms with Gasteiger partial charge in [0.2, 0.25) is 5.91 Å². The molecule has 21 heavy (non-hydrogen) atoms. The lowest BCUT2D eigenvalue weighted by atomic mass is 10.1. The lowest BCUT2D eigenvalue weighted by molar-refractivity contribution is -0.128. The third-order valence-electron chi connectivity index (χ3n) is 4.23. The number of nitrogens with zero attached hydrogens (tertiary/aromatic N) is 1. The van der Waals surface area contributed by atoms with Gasteiger partial charge in [-0.1, -0.05) is 12.1 Å². The monoisotopic (exact) mass is 290 g/mol. The van der Waals surface area contributed by atoms with E-state index in [9.17, 15) is 4.79 Å². The van der Waals surface area contributed by atoms with E-state index < -0.39 is 0 Å². The molecule has 0 bridgehead atoms. The normalized spacial score (nSPS) is 25.6. The molecule has 2 aliphatic heterocycles. The average Bonchev–Trinajstić information content (AvgIpc) is 3.15. The Hall–Kier alpha value is -1.59. The number of methoxy groups -OCH3 is 1. The summed E-state index contributed by atoms with van der Waals surface area (Å²) in [5.41, 5.74) is 1.09. The summed E-state index contributed by atoms with van der Waals surface area (Å²) in [5, 5.41) is 3.28. The number of amides is 1. The molecule has 0 radical (unpaired) electrons. The number of hydrogen-bond acceptors (Lipinski definition) is 4. The fraction of sp³-hybridized carbons (Fsp3) is 0.562. The van der Waals surface area contributed by atoms with Crippen molar-refractivity contribution in [3.63, 3.8) is 0 Å². The molecule has 2 unspecified atom stereocenters. The lowest BCUT2D eigenvalue weighted by Gasteiger charge is -2.26. The lowest BCUT2D eigenvalue weighted by Crippen LogP contribution is -2.32. The third-order valence-corrected chi connectivity index (χ3v) is 4.23. The van der Waals surface area contributed by atoms with Gasteiger partial charge in [-0.05, 0) is 37.0 Å². The molecule has 0 saturated carbocycles. The summed E-state index contributed by atoms with van der Waals surface area (Å²) in [7, 11) is 1.65. The molecule has 1 N–H and O–H groups in total. The smallest absolute Gasteiger partial charge is 0.238 e. The van der Waals surface area contributed by atoms with Crippen molar-refractivity contribution in [2.45, 2.75) is 31.5 Å². The zero-order valence-corrected chi connectivity index (χ0v) is 12.4. The van der Waals surface area contributed by atoms with Crippen LogP contribution in [0.5, 0.6) is 5.75 Å². The van der Waals surface area contributed by atoms with E-state index in [1.54, 1.807) is 7.11 Å². The van der Waals surface area contributed by atoms with E-state index in [2.05, 4.69) is 5.32 Å². The van der Waals surface area contributed by atoms with E-state index in [-0.39, 0.29) is 12.1 Å². The Morgan fingerprint density at radius 1 is 1.38 bits per heavy atom. The van der Waals surface area contributed by atoms with Crippen LogP contribution in [-0.4, -0.2) is 43.7 Å². The molecule has 3 rings (SSSR count). The van der Waals surface area contributed by atoms with Crippen LogP contribution in [0.4, 0.5) is 0 Å². The van der Waals surface area contributed by atoms with Crippen molar-refractivity contribution in [2.24, 2.45) is 0 Å². The van der Waals surface area contributed by atoms with Crippen LogP contribution in [0.1, 0.15) is 31.0 Å². The molecule has 2 heterocycles. The maximum atomic E-state index is 12.1. The molecule has 2 saturated heterocycles. The summed E-state index contributed by atoms with van der Waals surface area (Å²) in [6.45, 7) is 2.01. The van der Waals surface area contributed by atoms with Gasteiger partial charge in [-0.3, -0.25) is 10.1 Å². The van der Waals surface area contributed by atoms with Crippen molar-refractivity contribution in [1.82, 2.24) is 10.2 Å². The van der Waals surface area contributed by atoms with Gasteiger partial charge in [0.1, 0.15) is 11.9 Å². The summed E-state index contributed by atoms with van der Waals surface area (Å²) in [6, 6.07) is 7.87. The maximum absolute atomic E-state index is 12.1. The molecule has 2 fully saturated rings. The van der Waals surface area contributed by atoms with Gasteiger partial charge >= 0.3 is 0 Å². The summed E-state index contributed by atoms with van der Waals surface area (Å²) in [4.78, 5) is 14.0. The highest BCUT2D eigenvalue weighted by Crippen LogP contribution is 2.26. The van der Waals surface area contributed by atoms with E-state index >= 15 is 0 Å². The zero-order valence-electron chi connectivity index (χ0n) is 12.4. The molecule has 1 aromatic carbocycles. The summed E-state index contributed by atoms with van der Waals surface area (Å²) in [6.07, 6.45) is 3.45. The number of benzene rings is 1. The highest BCUT2D eigenvalue weighted by Gasteiger charge is 2.32. The van der Waals surface area contributed by atoms with E-state index in [0.29, 0.717) is 12.6 Å². The Kier molecular flexibility index (Phi) is 4.41. The van der Waals surface area contributed by atoms with Crippen LogP contribution in [-0.2, 0) is 9.53 Å². The molecule has 0 spiro atoms. The molecule has 2 atom stereocenters. The largest absolute Gasteiger partial charge is 0.497 e. The van der Waals surface area contributed by atoms with Gasteiger partial charge in [0.25, 0.3) is 0 Å². The van der Waals surface area contributed by atoms with Gasteiger partial charge in [0, 0.05) is 13.2 Å². The Morgan fingerprint density at radius 3 is 2.86 bits per heavy atom. The first-order chi connectivity index (χ1) is 10.3. The molecule has 5 nitrogen and oxygen atoms in total. The second-order valence-corrected chi connectivity index (χ2v) is 5.57. The van der Waals surface area contributed by atoms with Gasteiger partial charge in [0.15, 0.2) is 0 Å². The van der Waals surface area contributed by atoms with E-state index in [0.717, 1.165) is 43.7 Å². The minimum absolute atomic E-state index is 0.0372. The molecular weight excluding hydrogens is 268 g/mol. The predicted octanol–water partition coefficient (Wildman–Crippen LogP) is 1.69. The fourth-order valence-electron chi connectivity index (χ4n) is 3.03. The highest BCUT2D eigenvalue weighted by atomic mass is 16.5. The van der Waals surface area contributed by atoms with Crippen LogP contribution in [0.15, 0.2) is 24.3 Å². The van der Waals surface area contributed by atoms with E-state index in [1.165, 1.54) is 0 Å². The SMILES string of the molecule is COc1ccc(C2NCC(=O)N2CCC2CCCO2)cc1. The van der Waals surface area contributed by atoms with Crippen molar-refractivity contribution in [2.75, 3.05) is 26.8 Å². The Morgan fingerprint density at radius 2 is 2.19 bits per heavy atom. The molecular formula is C16H22N2O3. The Bertz CT molecular complexity index is 483. The Balaban J connectivity index is 1.65. The predicted molar refractivity (Wildman–Crippen MR) is 79.0 cm³/mol. The first-order valence-corrected chi connectivity index (χ1v) is 7.56. The Labute approximate surface area is 125 Å². The minimum atomic E-state index is -0.0372. The third kappa shape index (κ3) is 3.19. The van der Waals surface area contributed by atoms with Crippen LogP contribution in [0, 0.1) is 0 Å². The number of ether oxygens (including phenoxy) is 2. The summed E-state index contributed by atoms with van der Waals surface area (Å²) >= 11 is 0. The van der Waals surface area contributed by atoms with Crippen molar-refractivity contribution >= 4 is 5.91 Å². The molecule has 2 aliphatic rings. The number of nitrogens with one attached hydrogen (secondary N) is 1. The number of carbonyl (C=O) groups is 1. The van der Waals surface area contributed by atoms with Crippen LogP contribution in [0.3, 0.4) is 0 Å². The molecule has 114 valence electrons. The standard InChI is InChI=1S/C16H22N2O3/c1-20-13-6-4-12(5-7-13)16-17-11-15(19)18(16)9-8-14-3-2-10-21-14/h4-7,14,16-17H,2-3,8-11H2,1H3. The van der Waals surface area contributed by atoms with Crippen LogP contribution in [0.2, 0.25) is 0 Å². The molecule has 1 aromatic rings. The van der Waals surface area contributed by atoms with Crippen molar-refractivity contribution < 1.29 is 14.3 Å². The van der Waals surface area contributed by atoms with Crippen molar-refractivity contribution in [1.29, 1.82) is 0 Å². The second kappa shape index (κ2) is 6.45. The van der Waals surface area contributed by atoms with Crippen molar-refractivity contribution in [3.05, 3.63) is 29.8 Å². The number of carbonyl (C=O) groups excluding carboxylic acids is 1. The fourth-order valence-corrected chi connectivity index (χ4v) is 3.03. The number of rotatable bonds is 5. The van der Waals surface area contributed by atoms with Crippen molar-refractivity contribution in [3.8, 4) is 5.75 Å². The van der Waals surface area contributed by atoms with E-state index in [4.69, 9.17) is 9.47 Å². The summed E-state index contributed by atoms with van der Waals surface area (Å²) in [5.74, 6) is 0.989. The second-order valence-electron chi connectivity index (χ2n) is 5.57. The van der Waals surface area contributed by atoms with Gasteiger partial charge in [-0.15, -0.1) is 0 Å². The van der Waals surface area contributed by atoms with E-state index in [1.807, 2.05) is 29.2 Å². The summed E-state index contributed by atoms with van der Waals surface area (Å²) < 4.78 is 10.8. The first kappa shape index (κ1) is 14.4. The average molecular weight is 290 g/mol. The van der Waals surface area contributed by atoms with Crippen LogP contribution in [0.25, 0.3) is 0 Å². The van der Waals surface area contributed by atoms with Gasteiger partial charge in [-0.2, -0.15) is 0 Å². The quantitative estimate of drug-likeness (QED) is 0.896. The van der Waals surface area contributed by atoms with Gasteiger partial charge in [-0.25, -0.2) is 0 Å². The molecule has 0 aromatic heterocycles. The molecule has 5 heteroatoms. The number of hydrogen-bond donors (Lipinski definition) is 1. The van der Waals surface area contributed by atoms with Gasteiger partial charge < -0.3 is 14.4 Å². The van der Waals surface area contributed by atoms with Crippen LogP contribution >= 0.6 is 0 Å². The molecule has 0 aliphatic carbocycles. The zero-order chi connectivity index (χ0) is 14.7. The first-order valence-electron chi connectivity index (χ1n) is 7.56. The topological polar surface area (TPSA) is 50.8 Å². The maximum Gasteiger partial charge on any atom is 0.238 e. The van der Waals surface area contributed by atoms with Crippen LogP contribution < -0.4 is 10.1 Å². The highest BCUT2D eigenvalue weighted by molar-refractivity contribution is 5.80.